The van der Waals surface area contributed by atoms with Gasteiger partial charge in [0, 0.05) is 13.0 Å². The van der Waals surface area contributed by atoms with Crippen LogP contribution in [-0.4, -0.2) is 95.5 Å². The number of rotatable bonds is 21. The molecule has 0 aromatic heterocycles. The van der Waals surface area contributed by atoms with Gasteiger partial charge in [-0.15, -0.1) is 0 Å². The number of carbonyl (C=O) groups is 6. The highest BCUT2D eigenvalue weighted by Gasteiger charge is 2.30. The third kappa shape index (κ3) is 16.5. The molecule has 5 amide bonds. The van der Waals surface area contributed by atoms with E-state index >= 15 is 0 Å². The van der Waals surface area contributed by atoms with Crippen LogP contribution in [0.3, 0.4) is 0 Å². The molecule has 0 bridgehead atoms. The fourth-order valence-corrected chi connectivity index (χ4v) is 4.86. The molecular formula is C34H49N9O8. The fourth-order valence-electron chi connectivity index (χ4n) is 4.86. The molecule has 0 aliphatic heterocycles. The van der Waals surface area contributed by atoms with Crippen LogP contribution in [0.15, 0.2) is 54.6 Å². The third-order valence-electron chi connectivity index (χ3n) is 7.47. The number of nitrogens with two attached hydrogens (primary N) is 2. The molecule has 0 heterocycles. The highest BCUT2D eigenvalue weighted by molar-refractivity contribution is 5.94. The van der Waals surface area contributed by atoms with Crippen molar-refractivity contribution in [1.29, 1.82) is 5.41 Å². The van der Waals surface area contributed by atoms with E-state index in [1.165, 1.54) is 12.1 Å². The Morgan fingerprint density at radius 3 is 1.92 bits per heavy atom. The van der Waals surface area contributed by atoms with Crippen LogP contribution in [0.2, 0.25) is 0 Å². The average molecular weight is 712 g/mol. The first kappa shape index (κ1) is 41.5. The van der Waals surface area contributed by atoms with E-state index in [9.17, 15) is 39.0 Å². The van der Waals surface area contributed by atoms with Gasteiger partial charge in [0.05, 0.1) is 19.1 Å². The topological polar surface area (TPSA) is 291 Å². The predicted octanol–water partition coefficient (Wildman–Crippen LogP) is -1.41. The molecule has 2 rings (SSSR count). The molecule has 0 aliphatic carbocycles. The Labute approximate surface area is 296 Å². The van der Waals surface area contributed by atoms with Crippen LogP contribution >= 0.6 is 0 Å². The lowest BCUT2D eigenvalue weighted by molar-refractivity contribution is -0.142. The molecule has 0 radical (unpaired) electrons. The molecule has 2 aromatic carbocycles. The summed E-state index contributed by atoms with van der Waals surface area (Å²) >= 11 is 0. The number of guanidine groups is 1. The Kier molecular flexibility index (Phi) is 17.4. The second-order valence-corrected chi connectivity index (χ2v) is 12.4. The molecule has 51 heavy (non-hydrogen) atoms. The van der Waals surface area contributed by atoms with Crippen molar-refractivity contribution in [2.75, 3.05) is 19.6 Å². The lowest BCUT2D eigenvalue weighted by atomic mass is 10.0. The van der Waals surface area contributed by atoms with Crippen molar-refractivity contribution in [3.05, 3.63) is 65.7 Å². The molecule has 0 aliphatic rings. The summed E-state index contributed by atoms with van der Waals surface area (Å²) in [5, 5.41) is 41.3. The van der Waals surface area contributed by atoms with Crippen LogP contribution < -0.4 is 43.4 Å². The van der Waals surface area contributed by atoms with E-state index in [0.29, 0.717) is 17.5 Å². The van der Waals surface area contributed by atoms with Gasteiger partial charge in [-0.3, -0.25) is 29.4 Å². The molecule has 0 saturated heterocycles. The highest BCUT2D eigenvalue weighted by atomic mass is 16.4. The molecule has 0 unspecified atom stereocenters. The minimum atomic E-state index is -1.27. The van der Waals surface area contributed by atoms with Gasteiger partial charge in [0.25, 0.3) is 0 Å². The molecule has 17 nitrogen and oxygen atoms in total. The van der Waals surface area contributed by atoms with Gasteiger partial charge < -0.3 is 53.6 Å². The van der Waals surface area contributed by atoms with Gasteiger partial charge in [0.15, 0.2) is 5.96 Å². The van der Waals surface area contributed by atoms with Gasteiger partial charge in [0.2, 0.25) is 29.5 Å². The minimum Gasteiger partial charge on any atom is -0.508 e. The lowest BCUT2D eigenvalue weighted by Crippen LogP contribution is -2.57. The number of nitrogens with one attached hydrogen (secondary N) is 7. The first-order valence-corrected chi connectivity index (χ1v) is 16.5. The first-order valence-electron chi connectivity index (χ1n) is 16.5. The summed E-state index contributed by atoms with van der Waals surface area (Å²) in [6, 6.07) is 10.4. The zero-order chi connectivity index (χ0) is 37.9. The van der Waals surface area contributed by atoms with E-state index < -0.39 is 72.8 Å². The summed E-state index contributed by atoms with van der Waals surface area (Å²) in [4.78, 5) is 76.4. The number of hydrogen-bond donors (Lipinski definition) is 11. The standard InChI is InChI=1S/C34H49N9O8/c1-20(2)15-26(31(48)42-25(33(50)51)9-6-14-38-34(36)37)43-32(49)27(17-21-7-4-3-5-8-21)41-29(46)19-39-28(45)18-40-30(47)24(35)16-22-10-12-23(44)13-11-22/h3-5,7-8,10-13,20,24-27,44H,6,9,14-19,35H2,1-2H3,(H,39,45)(H,40,47)(H,41,46)(H,42,48)(H,43,49)(H,50,51)(H4,36,37,38)/t24-,25-,26-,27-/m0/s1. The zero-order valence-corrected chi connectivity index (χ0v) is 28.7. The van der Waals surface area contributed by atoms with Gasteiger partial charge in [0.1, 0.15) is 23.9 Å². The molecule has 4 atom stereocenters. The van der Waals surface area contributed by atoms with Crippen molar-refractivity contribution in [2.24, 2.45) is 17.4 Å². The van der Waals surface area contributed by atoms with Crippen LogP contribution in [0.4, 0.5) is 0 Å². The second-order valence-electron chi connectivity index (χ2n) is 12.4. The van der Waals surface area contributed by atoms with Gasteiger partial charge in [-0.25, -0.2) is 4.79 Å². The summed E-state index contributed by atoms with van der Waals surface area (Å²) in [5.41, 5.74) is 12.6. The van der Waals surface area contributed by atoms with Gasteiger partial charge in [-0.1, -0.05) is 56.3 Å². The second kappa shape index (κ2) is 21.4. The number of carbonyl (C=O) groups excluding carboxylic acids is 5. The fraction of sp³-hybridized carbons (Fsp3) is 0.441. The van der Waals surface area contributed by atoms with Crippen molar-refractivity contribution in [3.8, 4) is 5.75 Å². The molecule has 0 spiro atoms. The normalized spacial score (nSPS) is 13.1. The van der Waals surface area contributed by atoms with Crippen molar-refractivity contribution >= 4 is 41.5 Å². The smallest absolute Gasteiger partial charge is 0.326 e. The minimum absolute atomic E-state index is 0.0399. The molecule has 0 fully saturated rings. The monoisotopic (exact) mass is 711 g/mol. The Hall–Kier alpha value is -5.71. The number of aromatic hydroxyl groups is 1. The zero-order valence-electron chi connectivity index (χ0n) is 28.7. The summed E-state index contributed by atoms with van der Waals surface area (Å²) in [7, 11) is 0. The highest BCUT2D eigenvalue weighted by Crippen LogP contribution is 2.11. The SMILES string of the molecule is CC(C)C[C@H](NC(=O)[C@H](Cc1ccccc1)NC(=O)CNC(=O)CNC(=O)[C@@H](N)Cc1ccc(O)cc1)C(=O)N[C@@H](CCCNC(=N)N)C(=O)O. The third-order valence-corrected chi connectivity index (χ3v) is 7.47. The number of hydrogen-bond acceptors (Lipinski definition) is 9. The Morgan fingerprint density at radius 2 is 1.31 bits per heavy atom. The van der Waals surface area contributed by atoms with Crippen LogP contribution in [-0.2, 0) is 41.6 Å². The molecular weight excluding hydrogens is 662 g/mol. The number of phenolic OH excluding ortho intramolecular Hbond substituents is 1. The average Bonchev–Trinajstić information content (AvgIpc) is 3.07. The van der Waals surface area contributed by atoms with E-state index in [0.717, 1.165) is 0 Å². The first-order chi connectivity index (χ1) is 24.1. The summed E-state index contributed by atoms with van der Waals surface area (Å²) < 4.78 is 0. The maximum Gasteiger partial charge on any atom is 0.326 e. The molecule has 2 aromatic rings. The summed E-state index contributed by atoms with van der Waals surface area (Å²) in [6.07, 6.45) is 0.709. The number of carboxylic acid groups (broad SMARTS) is 1. The summed E-state index contributed by atoms with van der Waals surface area (Å²) in [5.74, 6) is -4.96. The molecule has 13 N–H and O–H groups in total. The van der Waals surface area contributed by atoms with Crippen LogP contribution in [0.1, 0.15) is 44.2 Å². The Bertz CT molecular complexity index is 1490. The van der Waals surface area contributed by atoms with E-state index in [1.54, 1.807) is 42.5 Å². The van der Waals surface area contributed by atoms with Crippen molar-refractivity contribution in [1.82, 2.24) is 31.9 Å². The quantitative estimate of drug-likeness (QED) is 0.0406. The van der Waals surface area contributed by atoms with E-state index in [4.69, 9.17) is 16.9 Å². The lowest BCUT2D eigenvalue weighted by Gasteiger charge is -2.26. The van der Waals surface area contributed by atoms with Gasteiger partial charge in [-0.2, -0.15) is 0 Å². The van der Waals surface area contributed by atoms with Crippen molar-refractivity contribution in [2.45, 2.75) is 70.1 Å². The van der Waals surface area contributed by atoms with Gasteiger partial charge in [-0.05, 0) is 54.9 Å². The number of carboxylic acids is 1. The number of aliphatic carboxylic acids is 1. The van der Waals surface area contributed by atoms with E-state index in [-0.39, 0.29) is 49.9 Å². The summed E-state index contributed by atoms with van der Waals surface area (Å²) in [6.45, 7) is 2.90. The largest absolute Gasteiger partial charge is 0.508 e. The molecule has 17 heteroatoms. The van der Waals surface area contributed by atoms with Gasteiger partial charge >= 0.3 is 5.97 Å². The Morgan fingerprint density at radius 1 is 0.725 bits per heavy atom. The van der Waals surface area contributed by atoms with Crippen molar-refractivity contribution in [3.63, 3.8) is 0 Å². The number of benzene rings is 2. The maximum atomic E-state index is 13.6. The maximum absolute atomic E-state index is 13.6. The van der Waals surface area contributed by atoms with E-state index in [2.05, 4.69) is 31.9 Å². The van der Waals surface area contributed by atoms with Crippen LogP contribution in [0, 0.1) is 11.3 Å². The Balaban J connectivity index is 2.01. The number of amides is 5. The number of phenols is 1. The molecule has 278 valence electrons. The van der Waals surface area contributed by atoms with Crippen LogP contribution in [0.25, 0.3) is 0 Å². The van der Waals surface area contributed by atoms with E-state index in [1.807, 2.05) is 13.8 Å². The van der Waals surface area contributed by atoms with Crippen LogP contribution in [0.5, 0.6) is 5.75 Å². The predicted molar refractivity (Wildman–Crippen MR) is 188 cm³/mol. The molecule has 0 saturated carbocycles. The van der Waals surface area contributed by atoms with Crippen molar-refractivity contribution < 1.29 is 39.0 Å².